The van der Waals surface area contributed by atoms with Crippen molar-refractivity contribution in [2.24, 2.45) is 5.10 Å². The van der Waals surface area contributed by atoms with E-state index >= 15 is 0 Å². The molecular weight excluding hydrogens is 136 g/mol. The lowest BCUT2D eigenvalue weighted by molar-refractivity contribution is 0.215. The molecule has 0 atom stereocenters. The minimum atomic E-state index is 0.0685. The van der Waals surface area contributed by atoms with Gasteiger partial charge in [-0.1, -0.05) is 6.08 Å². The van der Waals surface area contributed by atoms with E-state index in [4.69, 9.17) is 0 Å². The molecule has 0 saturated heterocycles. The number of hydrogen-bond acceptors (Lipinski definition) is 2. The summed E-state index contributed by atoms with van der Waals surface area (Å²) in [4.78, 5) is 0. The largest absolute Gasteiger partial charge is 0.268 e. The van der Waals surface area contributed by atoms with Crippen molar-refractivity contribution >= 4 is 6.21 Å². The maximum Gasteiger partial charge on any atom is 0.0543 e. The zero-order chi connectivity index (χ0) is 8.91. The molecule has 0 radical (unpaired) electrons. The van der Waals surface area contributed by atoms with E-state index < -0.39 is 0 Å². The number of hydrogen-bond donors (Lipinski definition) is 0. The van der Waals surface area contributed by atoms with Gasteiger partial charge in [-0.15, -0.1) is 0 Å². The minimum absolute atomic E-state index is 0.0685. The lowest BCUT2D eigenvalue weighted by atomic mass is 10.1. The molecule has 11 heavy (non-hydrogen) atoms. The van der Waals surface area contributed by atoms with E-state index in [-0.39, 0.29) is 5.54 Å². The van der Waals surface area contributed by atoms with Crippen molar-refractivity contribution in [2.45, 2.75) is 40.2 Å². The molecule has 0 aromatic heterocycles. The molecule has 0 bridgehead atoms. The van der Waals surface area contributed by atoms with Gasteiger partial charge in [0.25, 0.3) is 0 Å². The first-order valence-corrected chi connectivity index (χ1v) is 3.93. The van der Waals surface area contributed by atoms with Crippen molar-refractivity contribution in [2.75, 3.05) is 0 Å². The summed E-state index contributed by atoms with van der Waals surface area (Å²) < 4.78 is 0. The first-order valence-electron chi connectivity index (χ1n) is 3.93. The van der Waals surface area contributed by atoms with Crippen molar-refractivity contribution in [3.05, 3.63) is 12.3 Å². The van der Waals surface area contributed by atoms with E-state index in [0.29, 0.717) is 0 Å². The molecule has 64 valence electrons. The van der Waals surface area contributed by atoms with E-state index in [1.54, 1.807) is 6.21 Å². The lowest BCUT2D eigenvalue weighted by Gasteiger charge is -2.29. The maximum atomic E-state index is 4.21. The van der Waals surface area contributed by atoms with Crippen LogP contribution in [0.3, 0.4) is 0 Å². The molecule has 0 aliphatic carbocycles. The first-order chi connectivity index (χ1) is 5.02. The Balaban J connectivity index is 4.34. The molecule has 0 N–H and O–H groups in total. The van der Waals surface area contributed by atoms with Crippen molar-refractivity contribution in [1.82, 2.24) is 5.01 Å². The highest BCUT2D eigenvalue weighted by molar-refractivity contribution is 5.52. The number of allylic oxidation sites excluding steroid dienone is 1. The Morgan fingerprint density at radius 2 is 1.73 bits per heavy atom. The predicted molar refractivity (Wildman–Crippen MR) is 50.6 cm³/mol. The van der Waals surface area contributed by atoms with Gasteiger partial charge in [-0.2, -0.15) is 5.10 Å². The molecule has 0 amide bonds. The normalized spacial score (nSPS) is 13.2. The zero-order valence-corrected chi connectivity index (χ0v) is 8.13. The van der Waals surface area contributed by atoms with Crippen LogP contribution in [0.4, 0.5) is 0 Å². The van der Waals surface area contributed by atoms with Crippen LogP contribution in [0.15, 0.2) is 17.4 Å². The predicted octanol–water partition coefficient (Wildman–Crippen LogP) is 2.63. The molecule has 0 rings (SSSR count). The highest BCUT2D eigenvalue weighted by atomic mass is 15.5. The van der Waals surface area contributed by atoms with Crippen LogP contribution in [0.2, 0.25) is 0 Å². The van der Waals surface area contributed by atoms with Crippen LogP contribution in [-0.4, -0.2) is 16.8 Å². The number of hydrazone groups is 1. The molecule has 2 nitrogen and oxygen atoms in total. The average molecular weight is 154 g/mol. The van der Waals surface area contributed by atoms with Crippen LogP contribution in [-0.2, 0) is 0 Å². The van der Waals surface area contributed by atoms with Gasteiger partial charge in [-0.05, 0) is 34.6 Å². The third-order valence-electron chi connectivity index (χ3n) is 1.22. The molecule has 0 aromatic carbocycles. The van der Waals surface area contributed by atoms with Crippen molar-refractivity contribution in [1.29, 1.82) is 0 Å². The van der Waals surface area contributed by atoms with Gasteiger partial charge in [0, 0.05) is 12.4 Å². The highest BCUT2D eigenvalue weighted by Crippen LogP contribution is 2.13. The molecule has 2 heteroatoms. The molecule has 0 aliphatic rings. The summed E-state index contributed by atoms with van der Waals surface area (Å²) in [6, 6.07) is 0. The quantitative estimate of drug-likeness (QED) is 0.441. The van der Waals surface area contributed by atoms with Gasteiger partial charge < -0.3 is 0 Å². The molecular formula is C9H18N2. The van der Waals surface area contributed by atoms with Crippen LogP contribution >= 0.6 is 0 Å². The smallest absolute Gasteiger partial charge is 0.0543 e. The Bertz CT molecular complexity index is 139. The summed E-state index contributed by atoms with van der Waals surface area (Å²) in [5.74, 6) is 0. The number of nitrogens with zero attached hydrogens (tertiary/aromatic N) is 2. The Kier molecular flexibility index (Phi) is 3.86. The molecule has 0 heterocycles. The van der Waals surface area contributed by atoms with Crippen LogP contribution in [0, 0.1) is 0 Å². The minimum Gasteiger partial charge on any atom is -0.268 e. The van der Waals surface area contributed by atoms with Gasteiger partial charge in [-0.3, -0.25) is 5.01 Å². The van der Waals surface area contributed by atoms with E-state index in [0.717, 1.165) is 0 Å². The molecule has 0 spiro atoms. The third kappa shape index (κ3) is 3.81. The van der Waals surface area contributed by atoms with Crippen molar-refractivity contribution in [3.8, 4) is 0 Å². The summed E-state index contributed by atoms with van der Waals surface area (Å²) in [5.41, 5.74) is 0.0685. The molecule has 0 saturated carbocycles. The van der Waals surface area contributed by atoms with Gasteiger partial charge in [0.2, 0.25) is 0 Å². The fraction of sp³-hybridized carbons (Fsp3) is 0.667. The van der Waals surface area contributed by atoms with Crippen LogP contribution in [0.25, 0.3) is 0 Å². The molecule has 0 unspecified atom stereocenters. The van der Waals surface area contributed by atoms with Gasteiger partial charge in [0.1, 0.15) is 0 Å². The van der Waals surface area contributed by atoms with E-state index in [2.05, 4.69) is 25.9 Å². The second kappa shape index (κ2) is 4.16. The highest BCUT2D eigenvalue weighted by Gasteiger charge is 2.15. The summed E-state index contributed by atoms with van der Waals surface area (Å²) in [6.45, 7) is 10.3. The fourth-order valence-corrected chi connectivity index (χ4v) is 0.701. The third-order valence-corrected chi connectivity index (χ3v) is 1.22. The fourth-order valence-electron chi connectivity index (χ4n) is 0.701. The van der Waals surface area contributed by atoms with Crippen LogP contribution in [0.5, 0.6) is 0 Å². The zero-order valence-electron chi connectivity index (χ0n) is 8.13. The van der Waals surface area contributed by atoms with E-state index in [9.17, 15) is 0 Å². The van der Waals surface area contributed by atoms with Gasteiger partial charge in [0.05, 0.1) is 5.54 Å². The maximum absolute atomic E-state index is 4.21. The molecule has 0 aliphatic heterocycles. The van der Waals surface area contributed by atoms with Crippen molar-refractivity contribution in [3.63, 3.8) is 0 Å². The summed E-state index contributed by atoms with van der Waals surface area (Å²) in [5, 5.41) is 6.14. The Morgan fingerprint density at radius 3 is 2.00 bits per heavy atom. The standard InChI is InChI=1S/C9H18N2/c1-6-8-11(10-7-2)9(3,4)5/h6-8H,1-5H3/b8-6-,10-7-. The Labute approximate surface area is 69.6 Å². The second-order valence-corrected chi connectivity index (χ2v) is 3.37. The Morgan fingerprint density at radius 1 is 1.18 bits per heavy atom. The summed E-state index contributed by atoms with van der Waals surface area (Å²) >= 11 is 0. The number of rotatable bonds is 2. The van der Waals surface area contributed by atoms with Gasteiger partial charge in [-0.25, -0.2) is 0 Å². The average Bonchev–Trinajstić information content (AvgIpc) is 1.85. The summed E-state index contributed by atoms with van der Waals surface area (Å²) in [6.07, 6.45) is 5.75. The van der Waals surface area contributed by atoms with E-state index in [1.807, 2.05) is 31.1 Å². The Hall–Kier alpha value is -0.790. The van der Waals surface area contributed by atoms with Gasteiger partial charge >= 0.3 is 0 Å². The topological polar surface area (TPSA) is 15.6 Å². The van der Waals surface area contributed by atoms with Crippen LogP contribution in [0.1, 0.15) is 34.6 Å². The van der Waals surface area contributed by atoms with E-state index in [1.165, 1.54) is 0 Å². The van der Waals surface area contributed by atoms with Crippen molar-refractivity contribution < 1.29 is 0 Å². The first kappa shape index (κ1) is 10.2. The SMILES string of the molecule is C/C=C\N(/N=C\C)C(C)(C)C. The van der Waals surface area contributed by atoms with Gasteiger partial charge in [0.15, 0.2) is 0 Å². The monoisotopic (exact) mass is 154 g/mol. The molecule has 0 fully saturated rings. The molecule has 0 aromatic rings. The van der Waals surface area contributed by atoms with Crippen LogP contribution < -0.4 is 0 Å². The summed E-state index contributed by atoms with van der Waals surface area (Å²) in [7, 11) is 0. The second-order valence-electron chi connectivity index (χ2n) is 3.37. The lowest BCUT2D eigenvalue weighted by Crippen LogP contribution is -2.32.